The maximum absolute atomic E-state index is 11.5. The Hall–Kier alpha value is -1.63. The van der Waals surface area contributed by atoms with E-state index in [1.807, 2.05) is 0 Å². The molecule has 0 radical (unpaired) electrons. The molecular weight excluding hydrogens is 218 g/mol. The Morgan fingerprint density at radius 2 is 2.13 bits per heavy atom. The average Bonchev–Trinajstić information content (AvgIpc) is 2.58. The first-order chi connectivity index (χ1) is 7.10. The number of nitrogens with zero attached hydrogens (tertiary/aromatic N) is 1. The Bertz CT molecular complexity index is 388. The monoisotopic (exact) mass is 229 g/mol. The molecule has 0 aromatic carbocycles. The summed E-state index contributed by atoms with van der Waals surface area (Å²) in [5.74, 6) is -0.897. The van der Waals surface area contributed by atoms with Crippen molar-refractivity contribution in [2.45, 2.75) is 6.42 Å². The summed E-state index contributed by atoms with van der Waals surface area (Å²) in [5.41, 5.74) is 0.312. The van der Waals surface area contributed by atoms with E-state index < -0.39 is 5.97 Å². The molecule has 0 saturated carbocycles. The zero-order valence-electron chi connectivity index (χ0n) is 8.33. The smallest absolute Gasteiger partial charge is 0.308 e. The molecule has 0 atom stereocenters. The lowest BCUT2D eigenvalue weighted by molar-refractivity contribution is -0.136. The van der Waals surface area contributed by atoms with Crippen molar-refractivity contribution in [3.05, 3.63) is 10.4 Å². The first-order valence-corrected chi connectivity index (χ1v) is 4.97. The van der Waals surface area contributed by atoms with E-state index in [0.29, 0.717) is 16.3 Å². The predicted octanol–water partition coefficient (Wildman–Crippen LogP) is 0.171. The van der Waals surface area contributed by atoms with Crippen molar-refractivity contribution in [2.75, 3.05) is 19.4 Å². The Morgan fingerprint density at radius 3 is 2.60 bits per heavy atom. The number of amides is 1. The highest BCUT2D eigenvalue weighted by Crippen LogP contribution is 2.23. The summed E-state index contributed by atoms with van der Waals surface area (Å²) < 4.78 is 3.96. The number of hydrogen-bond acceptors (Lipinski definition) is 5. The molecule has 7 heteroatoms. The molecule has 1 rings (SSSR count). The zero-order chi connectivity index (χ0) is 11.4. The van der Waals surface area contributed by atoms with E-state index in [4.69, 9.17) is 5.11 Å². The maximum Gasteiger partial charge on any atom is 0.308 e. The molecule has 0 spiro atoms. The number of hydrogen-bond donors (Lipinski definition) is 3. The van der Waals surface area contributed by atoms with Crippen LogP contribution in [0.1, 0.15) is 15.2 Å². The van der Waals surface area contributed by atoms with Gasteiger partial charge in [0, 0.05) is 14.1 Å². The molecule has 3 N–H and O–H groups in total. The van der Waals surface area contributed by atoms with Crippen LogP contribution in [0.15, 0.2) is 0 Å². The summed E-state index contributed by atoms with van der Waals surface area (Å²) in [6, 6.07) is 0. The summed E-state index contributed by atoms with van der Waals surface area (Å²) in [6.07, 6.45) is -0.192. The number of aromatic nitrogens is 1. The molecular formula is C8H11N3O3S. The van der Waals surface area contributed by atoms with Crippen molar-refractivity contribution >= 4 is 29.2 Å². The minimum atomic E-state index is -0.980. The second kappa shape index (κ2) is 4.74. The third-order valence-corrected chi connectivity index (χ3v) is 2.61. The number of carboxylic acids is 1. The third kappa shape index (κ3) is 2.44. The summed E-state index contributed by atoms with van der Waals surface area (Å²) in [4.78, 5) is 22.5. The molecule has 0 saturated heterocycles. The van der Waals surface area contributed by atoms with Gasteiger partial charge in [-0.25, -0.2) is 0 Å². The fraction of sp³-hybridized carbons (Fsp3) is 0.375. The van der Waals surface area contributed by atoms with E-state index in [0.717, 1.165) is 11.5 Å². The summed E-state index contributed by atoms with van der Waals surface area (Å²) >= 11 is 1.02. The van der Waals surface area contributed by atoms with Gasteiger partial charge < -0.3 is 15.7 Å². The Balaban J connectivity index is 3.10. The van der Waals surface area contributed by atoms with E-state index in [-0.39, 0.29) is 12.3 Å². The molecule has 6 nitrogen and oxygen atoms in total. The van der Waals surface area contributed by atoms with Crippen LogP contribution < -0.4 is 10.6 Å². The molecule has 1 aromatic rings. The molecule has 0 aliphatic rings. The van der Waals surface area contributed by atoms with E-state index in [1.165, 1.54) is 7.05 Å². The van der Waals surface area contributed by atoms with E-state index in [9.17, 15) is 9.59 Å². The Kier molecular flexibility index (Phi) is 3.62. The van der Waals surface area contributed by atoms with Gasteiger partial charge in [0.15, 0.2) is 5.82 Å². The first-order valence-electron chi connectivity index (χ1n) is 4.20. The SMILES string of the molecule is CNC(=O)c1c(NC)nsc1CC(=O)O. The predicted molar refractivity (Wildman–Crippen MR) is 56.4 cm³/mol. The van der Waals surface area contributed by atoms with Crippen molar-refractivity contribution in [3.8, 4) is 0 Å². The summed E-state index contributed by atoms with van der Waals surface area (Å²) in [5, 5.41) is 13.9. The van der Waals surface area contributed by atoms with Gasteiger partial charge >= 0.3 is 5.97 Å². The highest BCUT2D eigenvalue weighted by molar-refractivity contribution is 7.06. The molecule has 0 bridgehead atoms. The maximum atomic E-state index is 11.5. The molecule has 82 valence electrons. The van der Waals surface area contributed by atoms with E-state index in [2.05, 4.69) is 15.0 Å². The van der Waals surface area contributed by atoms with Crippen molar-refractivity contribution in [2.24, 2.45) is 0 Å². The minimum Gasteiger partial charge on any atom is -0.481 e. The van der Waals surface area contributed by atoms with Gasteiger partial charge in [-0.1, -0.05) is 0 Å². The normalized spacial score (nSPS) is 9.73. The average molecular weight is 229 g/mol. The molecule has 1 aromatic heterocycles. The summed E-state index contributed by atoms with van der Waals surface area (Å²) in [6.45, 7) is 0. The van der Waals surface area contributed by atoms with Gasteiger partial charge in [-0.2, -0.15) is 4.37 Å². The van der Waals surface area contributed by atoms with Gasteiger partial charge in [-0.05, 0) is 11.5 Å². The topological polar surface area (TPSA) is 91.3 Å². The van der Waals surface area contributed by atoms with Crippen LogP contribution in [0.5, 0.6) is 0 Å². The molecule has 0 unspecified atom stereocenters. The van der Waals surface area contributed by atoms with Crippen LogP contribution in [-0.4, -0.2) is 35.5 Å². The fourth-order valence-corrected chi connectivity index (χ4v) is 1.96. The van der Waals surface area contributed by atoms with Crippen molar-refractivity contribution in [3.63, 3.8) is 0 Å². The molecule has 1 heterocycles. The van der Waals surface area contributed by atoms with Crippen LogP contribution in [-0.2, 0) is 11.2 Å². The highest BCUT2D eigenvalue weighted by atomic mass is 32.1. The molecule has 15 heavy (non-hydrogen) atoms. The number of carbonyl (C=O) groups is 2. The number of carbonyl (C=O) groups excluding carboxylic acids is 1. The summed E-state index contributed by atoms with van der Waals surface area (Å²) in [7, 11) is 3.12. The van der Waals surface area contributed by atoms with Crippen LogP contribution in [0.25, 0.3) is 0 Å². The third-order valence-electron chi connectivity index (χ3n) is 1.77. The van der Waals surface area contributed by atoms with Gasteiger partial charge in [0.1, 0.15) is 0 Å². The second-order valence-electron chi connectivity index (χ2n) is 2.73. The largest absolute Gasteiger partial charge is 0.481 e. The van der Waals surface area contributed by atoms with Gasteiger partial charge in [-0.3, -0.25) is 9.59 Å². The first kappa shape index (κ1) is 11.4. The van der Waals surface area contributed by atoms with Crippen molar-refractivity contribution in [1.29, 1.82) is 0 Å². The number of carboxylic acid groups (broad SMARTS) is 1. The van der Waals surface area contributed by atoms with Crippen LogP contribution in [0.3, 0.4) is 0 Å². The van der Waals surface area contributed by atoms with Crippen molar-refractivity contribution < 1.29 is 14.7 Å². The van der Waals surface area contributed by atoms with Crippen LogP contribution in [0.4, 0.5) is 5.82 Å². The van der Waals surface area contributed by atoms with Crippen LogP contribution in [0, 0.1) is 0 Å². The Labute approximate surface area is 90.5 Å². The van der Waals surface area contributed by atoms with E-state index in [1.54, 1.807) is 7.05 Å². The molecule has 1 amide bonds. The lowest BCUT2D eigenvalue weighted by Crippen LogP contribution is -2.20. The van der Waals surface area contributed by atoms with Crippen LogP contribution in [0.2, 0.25) is 0 Å². The van der Waals surface area contributed by atoms with Gasteiger partial charge in [-0.15, -0.1) is 0 Å². The lowest BCUT2D eigenvalue weighted by Gasteiger charge is -2.02. The highest BCUT2D eigenvalue weighted by Gasteiger charge is 2.20. The van der Waals surface area contributed by atoms with Crippen molar-refractivity contribution in [1.82, 2.24) is 9.69 Å². The van der Waals surface area contributed by atoms with E-state index >= 15 is 0 Å². The quantitative estimate of drug-likeness (QED) is 0.684. The number of rotatable bonds is 4. The molecule has 0 aliphatic carbocycles. The molecule has 0 aliphatic heterocycles. The number of aliphatic carboxylic acids is 1. The van der Waals surface area contributed by atoms with Gasteiger partial charge in [0.25, 0.3) is 5.91 Å². The zero-order valence-corrected chi connectivity index (χ0v) is 9.14. The van der Waals surface area contributed by atoms with Gasteiger partial charge in [0.2, 0.25) is 0 Å². The van der Waals surface area contributed by atoms with Gasteiger partial charge in [0.05, 0.1) is 16.9 Å². The second-order valence-corrected chi connectivity index (χ2v) is 3.59. The minimum absolute atomic E-state index is 0.192. The van der Waals surface area contributed by atoms with Crippen LogP contribution >= 0.6 is 11.5 Å². The number of anilines is 1. The number of nitrogens with one attached hydrogen (secondary N) is 2. The lowest BCUT2D eigenvalue weighted by atomic mass is 10.2. The fourth-order valence-electron chi connectivity index (χ4n) is 1.11. The standard InChI is InChI=1S/C8H11N3O3S/c1-9-7-6(8(14)10-2)4(15-11-7)3-5(12)13/h3H2,1-2H3,(H,9,11)(H,10,14)(H,12,13). The Morgan fingerprint density at radius 1 is 1.47 bits per heavy atom. The molecule has 0 fully saturated rings.